The summed E-state index contributed by atoms with van der Waals surface area (Å²) in [6.45, 7) is 0. The van der Waals surface area contributed by atoms with Crippen LogP contribution in [0.2, 0.25) is 5.02 Å². The van der Waals surface area contributed by atoms with Crippen LogP contribution >= 0.6 is 11.6 Å². The fourth-order valence-corrected chi connectivity index (χ4v) is 1.91. The van der Waals surface area contributed by atoms with Gasteiger partial charge in [0.1, 0.15) is 5.82 Å². The van der Waals surface area contributed by atoms with Crippen molar-refractivity contribution >= 4 is 11.6 Å². The fraction of sp³-hybridized carbons (Fsp3) is 0.231. The normalized spacial score (nSPS) is 12.4. The minimum atomic E-state index is 0.0797. The van der Waals surface area contributed by atoms with Crippen LogP contribution in [0.5, 0.6) is 0 Å². The Balaban J connectivity index is 2.19. The molecule has 0 bridgehead atoms. The molecule has 2 rings (SSSR count). The first-order valence-corrected chi connectivity index (χ1v) is 5.86. The van der Waals surface area contributed by atoms with Gasteiger partial charge in [0.05, 0.1) is 6.04 Å². The van der Waals surface area contributed by atoms with Gasteiger partial charge in [0.2, 0.25) is 0 Å². The molecule has 0 fully saturated rings. The number of rotatable bonds is 4. The number of benzene rings is 1. The Kier molecular flexibility index (Phi) is 4.07. The summed E-state index contributed by atoms with van der Waals surface area (Å²) in [5.74, 6) is 0.787. The first-order chi connectivity index (χ1) is 8.31. The standard InChI is InChI=1S/C13H14ClN3/c1-15-12(13-16-7-4-8-17-13)9-10-5-2-3-6-11(10)14/h2-8,12,15H,9H2,1H3. The highest BCUT2D eigenvalue weighted by Crippen LogP contribution is 2.21. The third kappa shape index (κ3) is 3.02. The van der Waals surface area contributed by atoms with E-state index in [4.69, 9.17) is 11.6 Å². The van der Waals surface area contributed by atoms with E-state index in [2.05, 4.69) is 15.3 Å². The van der Waals surface area contributed by atoms with Crippen molar-refractivity contribution in [1.82, 2.24) is 15.3 Å². The van der Waals surface area contributed by atoms with Gasteiger partial charge in [0.25, 0.3) is 0 Å². The smallest absolute Gasteiger partial charge is 0.145 e. The number of likely N-dealkylation sites (N-methyl/N-ethyl adjacent to an activating group) is 1. The van der Waals surface area contributed by atoms with Gasteiger partial charge in [-0.25, -0.2) is 9.97 Å². The summed E-state index contributed by atoms with van der Waals surface area (Å²) in [5.41, 5.74) is 1.10. The number of halogens is 1. The molecule has 0 aliphatic carbocycles. The second-order valence-corrected chi connectivity index (χ2v) is 4.15. The average Bonchev–Trinajstić information content (AvgIpc) is 2.39. The Morgan fingerprint density at radius 2 is 1.88 bits per heavy atom. The molecule has 0 aliphatic heterocycles. The lowest BCUT2D eigenvalue weighted by Gasteiger charge is -2.15. The van der Waals surface area contributed by atoms with Crippen molar-refractivity contribution in [1.29, 1.82) is 0 Å². The largest absolute Gasteiger partial charge is 0.310 e. The van der Waals surface area contributed by atoms with Crippen molar-refractivity contribution in [2.45, 2.75) is 12.5 Å². The van der Waals surface area contributed by atoms with Gasteiger partial charge in [-0.1, -0.05) is 29.8 Å². The van der Waals surface area contributed by atoms with Crippen molar-refractivity contribution in [3.05, 3.63) is 59.1 Å². The van der Waals surface area contributed by atoms with Crippen LogP contribution < -0.4 is 5.32 Å². The van der Waals surface area contributed by atoms with E-state index in [0.29, 0.717) is 0 Å². The van der Waals surface area contributed by atoms with Gasteiger partial charge in [-0.15, -0.1) is 0 Å². The summed E-state index contributed by atoms with van der Waals surface area (Å²) in [6, 6.07) is 9.73. The van der Waals surface area contributed by atoms with E-state index in [1.54, 1.807) is 12.4 Å². The first-order valence-electron chi connectivity index (χ1n) is 5.49. The van der Waals surface area contributed by atoms with Crippen LogP contribution in [0.3, 0.4) is 0 Å². The number of aromatic nitrogens is 2. The van der Waals surface area contributed by atoms with Crippen LogP contribution in [-0.2, 0) is 6.42 Å². The van der Waals surface area contributed by atoms with E-state index in [1.165, 1.54) is 0 Å². The average molecular weight is 248 g/mol. The SMILES string of the molecule is CNC(Cc1ccccc1Cl)c1ncccn1. The lowest BCUT2D eigenvalue weighted by Crippen LogP contribution is -2.21. The summed E-state index contributed by atoms with van der Waals surface area (Å²) < 4.78 is 0. The van der Waals surface area contributed by atoms with Crippen molar-refractivity contribution in [2.24, 2.45) is 0 Å². The Hall–Kier alpha value is -1.45. The number of hydrogen-bond donors (Lipinski definition) is 1. The maximum absolute atomic E-state index is 6.14. The molecule has 1 aromatic carbocycles. The van der Waals surface area contributed by atoms with Crippen molar-refractivity contribution < 1.29 is 0 Å². The van der Waals surface area contributed by atoms with E-state index >= 15 is 0 Å². The number of nitrogens with zero attached hydrogens (tertiary/aromatic N) is 2. The molecule has 0 aliphatic rings. The van der Waals surface area contributed by atoms with E-state index in [0.717, 1.165) is 22.8 Å². The van der Waals surface area contributed by atoms with Crippen LogP contribution in [0.15, 0.2) is 42.7 Å². The number of hydrogen-bond acceptors (Lipinski definition) is 3. The maximum atomic E-state index is 6.14. The van der Waals surface area contributed by atoms with Crippen LogP contribution in [0.25, 0.3) is 0 Å². The molecule has 17 heavy (non-hydrogen) atoms. The van der Waals surface area contributed by atoms with Gasteiger partial charge < -0.3 is 5.32 Å². The van der Waals surface area contributed by atoms with Gasteiger partial charge >= 0.3 is 0 Å². The minimum Gasteiger partial charge on any atom is -0.310 e. The molecule has 0 saturated heterocycles. The van der Waals surface area contributed by atoms with Gasteiger partial charge in [0.15, 0.2) is 0 Å². The van der Waals surface area contributed by atoms with Crippen molar-refractivity contribution in [3.63, 3.8) is 0 Å². The summed E-state index contributed by atoms with van der Waals surface area (Å²) >= 11 is 6.14. The van der Waals surface area contributed by atoms with Gasteiger partial charge in [0, 0.05) is 17.4 Å². The summed E-state index contributed by atoms with van der Waals surface area (Å²) in [7, 11) is 1.90. The Labute approximate surface area is 106 Å². The molecule has 4 heteroatoms. The highest BCUT2D eigenvalue weighted by Gasteiger charge is 2.13. The molecule has 2 aromatic rings. The van der Waals surface area contributed by atoms with E-state index < -0.39 is 0 Å². The van der Waals surface area contributed by atoms with Gasteiger partial charge in [-0.3, -0.25) is 0 Å². The molecule has 3 nitrogen and oxygen atoms in total. The number of nitrogens with one attached hydrogen (secondary N) is 1. The first kappa shape index (κ1) is 12.0. The van der Waals surface area contributed by atoms with Crippen LogP contribution in [0, 0.1) is 0 Å². The monoisotopic (exact) mass is 247 g/mol. The van der Waals surface area contributed by atoms with Crippen LogP contribution in [-0.4, -0.2) is 17.0 Å². The molecule has 1 heterocycles. The Morgan fingerprint density at radius 1 is 1.18 bits per heavy atom. The quantitative estimate of drug-likeness (QED) is 0.903. The lowest BCUT2D eigenvalue weighted by atomic mass is 10.1. The molecule has 0 saturated carbocycles. The summed E-state index contributed by atoms with van der Waals surface area (Å²) in [5, 5.41) is 3.99. The summed E-state index contributed by atoms with van der Waals surface area (Å²) in [6.07, 6.45) is 4.28. The zero-order valence-corrected chi connectivity index (χ0v) is 10.4. The molecule has 0 spiro atoms. The van der Waals surface area contributed by atoms with Gasteiger partial charge in [-0.2, -0.15) is 0 Å². The van der Waals surface area contributed by atoms with Crippen LogP contribution in [0.4, 0.5) is 0 Å². The van der Waals surface area contributed by atoms with Gasteiger partial charge in [-0.05, 0) is 31.2 Å². The molecule has 1 atom stereocenters. The van der Waals surface area contributed by atoms with E-state index in [9.17, 15) is 0 Å². The third-order valence-electron chi connectivity index (χ3n) is 2.63. The molecule has 1 unspecified atom stereocenters. The second-order valence-electron chi connectivity index (χ2n) is 3.74. The Morgan fingerprint density at radius 3 is 2.53 bits per heavy atom. The molecular formula is C13H14ClN3. The van der Waals surface area contributed by atoms with Crippen molar-refractivity contribution in [3.8, 4) is 0 Å². The lowest BCUT2D eigenvalue weighted by molar-refractivity contribution is 0.557. The molecule has 88 valence electrons. The highest BCUT2D eigenvalue weighted by atomic mass is 35.5. The predicted molar refractivity (Wildman–Crippen MR) is 69.0 cm³/mol. The molecular weight excluding hydrogens is 234 g/mol. The van der Waals surface area contributed by atoms with E-state index in [1.807, 2.05) is 37.4 Å². The zero-order valence-electron chi connectivity index (χ0n) is 9.60. The summed E-state index contributed by atoms with van der Waals surface area (Å²) in [4.78, 5) is 8.52. The molecule has 0 amide bonds. The molecule has 1 N–H and O–H groups in total. The topological polar surface area (TPSA) is 37.8 Å². The van der Waals surface area contributed by atoms with E-state index in [-0.39, 0.29) is 6.04 Å². The fourth-order valence-electron chi connectivity index (χ4n) is 1.70. The minimum absolute atomic E-state index is 0.0797. The zero-order chi connectivity index (χ0) is 12.1. The second kappa shape index (κ2) is 5.75. The van der Waals surface area contributed by atoms with Crippen molar-refractivity contribution in [2.75, 3.05) is 7.05 Å². The maximum Gasteiger partial charge on any atom is 0.145 e. The predicted octanol–water partition coefficient (Wildman–Crippen LogP) is 2.63. The Bertz CT molecular complexity index is 473. The molecule has 1 aromatic heterocycles. The highest BCUT2D eigenvalue weighted by molar-refractivity contribution is 6.31. The molecule has 0 radical (unpaired) electrons. The van der Waals surface area contributed by atoms with Crippen LogP contribution in [0.1, 0.15) is 17.4 Å². The third-order valence-corrected chi connectivity index (χ3v) is 3.00.